The van der Waals surface area contributed by atoms with E-state index in [2.05, 4.69) is 5.32 Å². The van der Waals surface area contributed by atoms with Crippen molar-refractivity contribution >= 4 is 11.8 Å². The molecule has 1 aromatic carbocycles. The lowest BCUT2D eigenvalue weighted by Crippen LogP contribution is -2.51. The molecule has 0 amide bonds. The molecule has 1 unspecified atom stereocenters. The van der Waals surface area contributed by atoms with E-state index < -0.39 is 11.6 Å². The molecule has 2 N–H and O–H groups in total. The Balaban J connectivity index is 2.02. The third kappa shape index (κ3) is 2.84. The lowest BCUT2D eigenvalue weighted by Gasteiger charge is -2.31. The van der Waals surface area contributed by atoms with Crippen molar-refractivity contribution in [2.75, 3.05) is 19.4 Å². The molecule has 0 bridgehead atoms. The quantitative estimate of drug-likeness (QED) is 0.781. The molecule has 0 heterocycles. The first-order chi connectivity index (χ1) is 8.61. The first-order valence-electron chi connectivity index (χ1n) is 5.99. The molecule has 1 saturated carbocycles. The van der Waals surface area contributed by atoms with Gasteiger partial charge in [0, 0.05) is 10.6 Å². The number of likely N-dealkylation sites (N-methyl/N-ethyl adjacent to an activating group) is 1. The molecule has 0 aliphatic heterocycles. The number of rotatable bonds is 6. The largest absolute Gasteiger partial charge is 0.394 e. The summed E-state index contributed by atoms with van der Waals surface area (Å²) in [6, 6.07) is 3.90. The maximum Gasteiger partial charge on any atom is 0.159 e. The van der Waals surface area contributed by atoms with E-state index in [1.54, 1.807) is 6.07 Å². The third-order valence-electron chi connectivity index (χ3n) is 3.53. The summed E-state index contributed by atoms with van der Waals surface area (Å²) in [6.45, 7) is 0.0604. The van der Waals surface area contributed by atoms with Gasteiger partial charge in [0.2, 0.25) is 0 Å². The molecule has 0 saturated heterocycles. The molecule has 1 aromatic rings. The second-order valence-corrected chi connectivity index (χ2v) is 5.75. The molecular formula is C13H17F2NOS. The van der Waals surface area contributed by atoms with Crippen LogP contribution in [0.4, 0.5) is 8.78 Å². The predicted molar refractivity (Wildman–Crippen MR) is 68.7 cm³/mol. The molecule has 0 spiro atoms. The molecule has 1 aliphatic carbocycles. The van der Waals surface area contributed by atoms with Gasteiger partial charge in [-0.25, -0.2) is 8.78 Å². The summed E-state index contributed by atoms with van der Waals surface area (Å²) in [4.78, 5) is 0.683. The Morgan fingerprint density at radius 1 is 1.39 bits per heavy atom. The van der Waals surface area contributed by atoms with Gasteiger partial charge in [0.1, 0.15) is 0 Å². The van der Waals surface area contributed by atoms with Gasteiger partial charge in [0.25, 0.3) is 0 Å². The second-order valence-electron chi connectivity index (χ2n) is 4.70. The summed E-state index contributed by atoms with van der Waals surface area (Å²) in [5, 5.41) is 12.7. The summed E-state index contributed by atoms with van der Waals surface area (Å²) in [7, 11) is 1.83. The summed E-state index contributed by atoms with van der Waals surface area (Å²) in [5.74, 6) is -0.533. The van der Waals surface area contributed by atoms with E-state index in [0.717, 1.165) is 18.9 Å². The van der Waals surface area contributed by atoms with Crippen LogP contribution in [0.25, 0.3) is 0 Å². The molecule has 1 fully saturated rings. The Bertz CT molecular complexity index is 419. The molecule has 0 radical (unpaired) electrons. The summed E-state index contributed by atoms with van der Waals surface area (Å²) < 4.78 is 25.9. The molecule has 1 aliphatic rings. The SMILES string of the molecule is CNC(CO)(CSc1ccc(F)c(F)c1)C1CC1. The van der Waals surface area contributed by atoms with Gasteiger partial charge in [0.15, 0.2) is 11.6 Å². The van der Waals surface area contributed by atoms with Gasteiger partial charge in [-0.3, -0.25) is 0 Å². The number of hydrogen-bond acceptors (Lipinski definition) is 3. The average molecular weight is 273 g/mol. The minimum absolute atomic E-state index is 0.0604. The van der Waals surface area contributed by atoms with E-state index in [1.165, 1.54) is 17.8 Å². The number of nitrogens with one attached hydrogen (secondary N) is 1. The lowest BCUT2D eigenvalue weighted by molar-refractivity contribution is 0.167. The smallest absolute Gasteiger partial charge is 0.159 e. The van der Waals surface area contributed by atoms with Crippen LogP contribution in [-0.2, 0) is 0 Å². The van der Waals surface area contributed by atoms with Crippen molar-refractivity contribution in [1.29, 1.82) is 0 Å². The van der Waals surface area contributed by atoms with Crippen molar-refractivity contribution in [3.63, 3.8) is 0 Å². The average Bonchev–Trinajstić information content (AvgIpc) is 3.20. The van der Waals surface area contributed by atoms with E-state index in [9.17, 15) is 13.9 Å². The minimum Gasteiger partial charge on any atom is -0.394 e. The van der Waals surface area contributed by atoms with E-state index in [0.29, 0.717) is 16.6 Å². The van der Waals surface area contributed by atoms with Gasteiger partial charge in [-0.1, -0.05) is 0 Å². The van der Waals surface area contributed by atoms with Crippen LogP contribution >= 0.6 is 11.8 Å². The van der Waals surface area contributed by atoms with Crippen LogP contribution in [-0.4, -0.2) is 30.1 Å². The van der Waals surface area contributed by atoms with E-state index in [-0.39, 0.29) is 12.1 Å². The van der Waals surface area contributed by atoms with Gasteiger partial charge in [0.05, 0.1) is 12.1 Å². The van der Waals surface area contributed by atoms with Gasteiger partial charge in [-0.2, -0.15) is 0 Å². The Kier molecular flexibility index (Phi) is 4.25. The van der Waals surface area contributed by atoms with Crippen LogP contribution in [0.15, 0.2) is 23.1 Å². The van der Waals surface area contributed by atoms with E-state index in [4.69, 9.17) is 0 Å². The summed E-state index contributed by atoms with van der Waals surface area (Å²) in [6.07, 6.45) is 2.22. The number of hydrogen-bond donors (Lipinski definition) is 2. The van der Waals surface area contributed by atoms with Crippen molar-refractivity contribution in [2.45, 2.75) is 23.3 Å². The monoisotopic (exact) mass is 273 g/mol. The first kappa shape index (κ1) is 13.8. The minimum atomic E-state index is -0.830. The topological polar surface area (TPSA) is 32.3 Å². The number of benzene rings is 1. The number of thioether (sulfide) groups is 1. The van der Waals surface area contributed by atoms with Crippen molar-refractivity contribution in [3.05, 3.63) is 29.8 Å². The Morgan fingerprint density at radius 2 is 2.11 bits per heavy atom. The summed E-state index contributed by atoms with van der Waals surface area (Å²) >= 11 is 1.44. The standard InChI is InChI=1S/C13H17F2NOS/c1-16-13(7-17,9-2-3-9)8-18-10-4-5-11(14)12(15)6-10/h4-6,9,16-17H,2-3,7-8H2,1H3. The van der Waals surface area contributed by atoms with E-state index in [1.807, 2.05) is 7.05 Å². The Labute approximate surface area is 110 Å². The van der Waals surface area contributed by atoms with Crippen molar-refractivity contribution in [2.24, 2.45) is 5.92 Å². The van der Waals surface area contributed by atoms with Crippen molar-refractivity contribution in [3.8, 4) is 0 Å². The van der Waals surface area contributed by atoms with Gasteiger partial charge < -0.3 is 10.4 Å². The number of aliphatic hydroxyl groups excluding tert-OH is 1. The molecule has 5 heteroatoms. The fraction of sp³-hybridized carbons (Fsp3) is 0.538. The predicted octanol–water partition coefficient (Wildman–Crippen LogP) is 2.42. The zero-order valence-electron chi connectivity index (χ0n) is 10.2. The molecule has 0 aromatic heterocycles. The van der Waals surface area contributed by atoms with Crippen LogP contribution in [0, 0.1) is 17.6 Å². The first-order valence-corrected chi connectivity index (χ1v) is 6.97. The highest BCUT2D eigenvalue weighted by atomic mass is 32.2. The van der Waals surface area contributed by atoms with Crippen LogP contribution in [0.1, 0.15) is 12.8 Å². The maximum atomic E-state index is 13.1. The molecule has 2 rings (SSSR count). The highest BCUT2D eigenvalue weighted by molar-refractivity contribution is 7.99. The van der Waals surface area contributed by atoms with E-state index >= 15 is 0 Å². The molecule has 1 atom stereocenters. The number of aliphatic hydroxyl groups is 1. The van der Waals surface area contributed by atoms with Crippen LogP contribution in [0.3, 0.4) is 0 Å². The highest BCUT2D eigenvalue weighted by Gasteiger charge is 2.43. The van der Waals surface area contributed by atoms with Gasteiger partial charge in [-0.05, 0) is 44.0 Å². The highest BCUT2D eigenvalue weighted by Crippen LogP contribution is 2.42. The molecule has 2 nitrogen and oxygen atoms in total. The fourth-order valence-electron chi connectivity index (χ4n) is 2.06. The third-order valence-corrected chi connectivity index (χ3v) is 4.77. The van der Waals surface area contributed by atoms with Crippen LogP contribution < -0.4 is 5.32 Å². The Morgan fingerprint density at radius 3 is 2.61 bits per heavy atom. The zero-order chi connectivity index (χ0) is 13.2. The molecular weight excluding hydrogens is 256 g/mol. The Hall–Kier alpha value is -0.650. The van der Waals surface area contributed by atoms with Crippen LogP contribution in [0.2, 0.25) is 0 Å². The maximum absolute atomic E-state index is 13.1. The van der Waals surface area contributed by atoms with Gasteiger partial charge in [-0.15, -0.1) is 11.8 Å². The molecule has 18 heavy (non-hydrogen) atoms. The van der Waals surface area contributed by atoms with Crippen LogP contribution in [0.5, 0.6) is 0 Å². The molecule has 100 valence electrons. The van der Waals surface area contributed by atoms with Gasteiger partial charge >= 0.3 is 0 Å². The normalized spacial score (nSPS) is 18.7. The lowest BCUT2D eigenvalue weighted by atomic mass is 9.97. The summed E-state index contributed by atoms with van der Waals surface area (Å²) in [5.41, 5.74) is -0.310. The van der Waals surface area contributed by atoms with Crippen molar-refractivity contribution in [1.82, 2.24) is 5.32 Å². The zero-order valence-corrected chi connectivity index (χ0v) is 11.1. The second kappa shape index (κ2) is 5.55. The van der Waals surface area contributed by atoms with Crippen molar-refractivity contribution < 1.29 is 13.9 Å². The number of halogens is 2. The fourth-order valence-corrected chi connectivity index (χ4v) is 3.31.